The van der Waals surface area contributed by atoms with Gasteiger partial charge in [0.25, 0.3) is 0 Å². The predicted octanol–water partition coefficient (Wildman–Crippen LogP) is 4.80. The molecular weight excluding hydrogens is 496 g/mol. The quantitative estimate of drug-likeness (QED) is 0.343. The maximum Gasteiger partial charge on any atom is 0.235 e. The van der Waals surface area contributed by atoms with E-state index in [0.29, 0.717) is 41.7 Å². The first kappa shape index (κ1) is 27.9. The van der Waals surface area contributed by atoms with E-state index in [9.17, 15) is 19.5 Å². The van der Waals surface area contributed by atoms with Crippen molar-refractivity contribution < 1.29 is 29.0 Å². The van der Waals surface area contributed by atoms with Crippen molar-refractivity contribution in [1.29, 1.82) is 0 Å². The smallest absolute Gasteiger partial charge is 0.235 e. The molecule has 0 spiro atoms. The van der Waals surface area contributed by atoms with Crippen LogP contribution in [0.4, 0.5) is 11.4 Å². The third kappa shape index (κ3) is 6.12. The lowest BCUT2D eigenvalue weighted by Gasteiger charge is -2.44. The lowest BCUT2D eigenvalue weighted by Crippen LogP contribution is -2.56. The summed E-state index contributed by atoms with van der Waals surface area (Å²) in [6, 6.07) is 22.9. The Hall–Kier alpha value is -4.17. The van der Waals surface area contributed by atoms with E-state index in [1.54, 1.807) is 72.8 Å². The Morgan fingerprint density at radius 1 is 0.821 bits per heavy atom. The summed E-state index contributed by atoms with van der Waals surface area (Å²) >= 11 is 0. The van der Waals surface area contributed by atoms with Crippen LogP contribution >= 0.6 is 0 Å². The molecule has 0 aromatic heterocycles. The van der Waals surface area contributed by atoms with Gasteiger partial charge in [-0.25, -0.2) is 0 Å². The minimum absolute atomic E-state index is 0.354. The van der Waals surface area contributed by atoms with Crippen LogP contribution in [0.3, 0.4) is 0 Å². The van der Waals surface area contributed by atoms with Crippen molar-refractivity contribution in [3.05, 3.63) is 84.4 Å². The van der Waals surface area contributed by atoms with Gasteiger partial charge >= 0.3 is 0 Å². The number of nitrogens with one attached hydrogen (secondary N) is 2. The zero-order chi connectivity index (χ0) is 28.0. The van der Waals surface area contributed by atoms with E-state index in [-0.39, 0.29) is 6.42 Å². The number of anilines is 2. The topological polar surface area (TPSA) is 114 Å². The van der Waals surface area contributed by atoms with Crippen LogP contribution in [0.1, 0.15) is 38.7 Å². The van der Waals surface area contributed by atoms with Gasteiger partial charge in [0.05, 0.1) is 36.1 Å². The van der Waals surface area contributed by atoms with Crippen LogP contribution < -0.4 is 20.1 Å². The lowest BCUT2D eigenvalue weighted by molar-refractivity contribution is -0.150. The summed E-state index contributed by atoms with van der Waals surface area (Å²) < 4.78 is 11.3. The average Bonchev–Trinajstić information content (AvgIpc) is 2.90. The molecule has 3 N–H and O–H groups in total. The highest BCUT2D eigenvalue weighted by atomic mass is 16.5. The molecule has 4 atom stereocenters. The largest absolute Gasteiger partial charge is 0.492 e. The first-order valence-electron chi connectivity index (χ1n) is 13.1. The van der Waals surface area contributed by atoms with Gasteiger partial charge in [0.2, 0.25) is 11.8 Å². The fourth-order valence-corrected chi connectivity index (χ4v) is 5.29. The van der Waals surface area contributed by atoms with Crippen molar-refractivity contribution in [2.24, 2.45) is 11.8 Å². The highest BCUT2D eigenvalue weighted by Gasteiger charge is 2.56. The third-order valence-corrected chi connectivity index (χ3v) is 6.91. The van der Waals surface area contributed by atoms with Gasteiger partial charge in [0, 0.05) is 12.3 Å². The maximum atomic E-state index is 13.9. The van der Waals surface area contributed by atoms with Crippen molar-refractivity contribution in [2.45, 2.75) is 38.7 Å². The van der Waals surface area contributed by atoms with Gasteiger partial charge in [-0.3, -0.25) is 14.4 Å². The van der Waals surface area contributed by atoms with Gasteiger partial charge < -0.3 is 25.2 Å². The molecule has 1 fully saturated rings. The maximum absolute atomic E-state index is 13.9. The van der Waals surface area contributed by atoms with Crippen LogP contribution in [0.5, 0.6) is 11.5 Å². The van der Waals surface area contributed by atoms with Crippen molar-refractivity contribution in [3.63, 3.8) is 0 Å². The number of hydrogen-bond donors (Lipinski definition) is 3. The number of Topliss-reactive ketones (excluding diaryl/α,β-unsaturated/α-hetero) is 1. The van der Waals surface area contributed by atoms with E-state index in [2.05, 4.69) is 10.6 Å². The van der Waals surface area contributed by atoms with E-state index in [1.165, 1.54) is 6.92 Å². The van der Waals surface area contributed by atoms with Crippen LogP contribution in [0.25, 0.3) is 0 Å². The molecule has 1 aliphatic rings. The second-order valence-corrected chi connectivity index (χ2v) is 9.73. The van der Waals surface area contributed by atoms with Gasteiger partial charge in [-0.15, -0.1) is 0 Å². The summed E-state index contributed by atoms with van der Waals surface area (Å²) in [5.74, 6) is -3.84. The Morgan fingerprint density at radius 2 is 1.31 bits per heavy atom. The standard InChI is InChI=1S/C31H34N2O6/c1-4-38-24-17-11-9-15-21(24)32-29(35)27-23(34)19-31(3,37)28(26(27)20-13-7-6-8-14-20)30(36)33-22-16-10-12-18-25(22)39-5-2/h6-18,26-28,37H,4-5,19H2,1-3H3,(H,32,35)(H,33,36). The number of aliphatic hydroxyl groups is 1. The van der Waals surface area contributed by atoms with E-state index < -0.39 is 41.0 Å². The summed E-state index contributed by atoms with van der Waals surface area (Å²) in [5, 5.41) is 17.2. The fourth-order valence-electron chi connectivity index (χ4n) is 5.29. The fraction of sp³-hybridized carbons (Fsp3) is 0.323. The molecule has 1 aliphatic carbocycles. The summed E-state index contributed by atoms with van der Waals surface area (Å²) in [7, 11) is 0. The van der Waals surface area contributed by atoms with Crippen molar-refractivity contribution in [3.8, 4) is 11.5 Å². The van der Waals surface area contributed by atoms with Crippen LogP contribution in [0, 0.1) is 11.8 Å². The van der Waals surface area contributed by atoms with E-state index in [1.807, 2.05) is 19.9 Å². The molecule has 0 radical (unpaired) electrons. The first-order chi connectivity index (χ1) is 18.8. The Bertz CT molecular complexity index is 1320. The number of carbonyl (C=O) groups excluding carboxylic acids is 3. The van der Waals surface area contributed by atoms with Gasteiger partial charge in [-0.1, -0.05) is 54.6 Å². The van der Waals surface area contributed by atoms with Crippen molar-refractivity contribution in [2.75, 3.05) is 23.8 Å². The summed E-state index contributed by atoms with van der Waals surface area (Å²) in [4.78, 5) is 41.2. The zero-order valence-corrected chi connectivity index (χ0v) is 22.3. The third-order valence-electron chi connectivity index (χ3n) is 6.91. The second-order valence-electron chi connectivity index (χ2n) is 9.73. The Balaban J connectivity index is 1.74. The highest BCUT2D eigenvalue weighted by molar-refractivity contribution is 6.11. The van der Waals surface area contributed by atoms with E-state index in [0.717, 1.165) is 0 Å². The first-order valence-corrected chi connectivity index (χ1v) is 13.1. The van der Waals surface area contributed by atoms with Gasteiger partial charge in [-0.05, 0) is 50.6 Å². The predicted molar refractivity (Wildman–Crippen MR) is 149 cm³/mol. The summed E-state index contributed by atoms with van der Waals surface area (Å²) in [6.45, 7) is 5.95. The molecule has 0 saturated heterocycles. The molecule has 4 unspecified atom stereocenters. The Morgan fingerprint density at radius 3 is 1.85 bits per heavy atom. The van der Waals surface area contributed by atoms with Crippen molar-refractivity contribution >= 4 is 29.0 Å². The monoisotopic (exact) mass is 530 g/mol. The number of hydrogen-bond acceptors (Lipinski definition) is 6. The van der Waals surface area contributed by atoms with Crippen LogP contribution in [-0.2, 0) is 14.4 Å². The molecular formula is C31H34N2O6. The number of benzene rings is 3. The number of carbonyl (C=O) groups is 3. The molecule has 3 aromatic rings. The molecule has 4 rings (SSSR count). The lowest BCUT2D eigenvalue weighted by atomic mass is 9.61. The van der Waals surface area contributed by atoms with Crippen LogP contribution in [0.2, 0.25) is 0 Å². The average molecular weight is 531 g/mol. The second kappa shape index (κ2) is 12.1. The van der Waals surface area contributed by atoms with Gasteiger partial charge in [-0.2, -0.15) is 0 Å². The van der Waals surface area contributed by atoms with E-state index in [4.69, 9.17) is 9.47 Å². The minimum atomic E-state index is -1.71. The Labute approximate surface area is 228 Å². The normalized spacial score (nSPS) is 22.6. The molecule has 39 heavy (non-hydrogen) atoms. The molecule has 8 heteroatoms. The number of ketones is 1. The molecule has 1 saturated carbocycles. The van der Waals surface area contributed by atoms with E-state index >= 15 is 0 Å². The number of rotatable bonds is 9. The van der Waals surface area contributed by atoms with Crippen LogP contribution in [0.15, 0.2) is 78.9 Å². The zero-order valence-electron chi connectivity index (χ0n) is 22.3. The highest BCUT2D eigenvalue weighted by Crippen LogP contribution is 2.47. The molecule has 8 nitrogen and oxygen atoms in total. The number of ether oxygens (including phenoxy) is 2. The minimum Gasteiger partial charge on any atom is -0.492 e. The Kier molecular flexibility index (Phi) is 8.66. The van der Waals surface area contributed by atoms with Crippen molar-refractivity contribution in [1.82, 2.24) is 0 Å². The number of amides is 2. The SMILES string of the molecule is CCOc1ccccc1NC(=O)C1C(=O)CC(C)(O)C(C(=O)Nc2ccccc2OCC)C1c1ccccc1. The molecule has 204 valence electrons. The summed E-state index contributed by atoms with van der Waals surface area (Å²) in [6.07, 6.45) is -0.354. The summed E-state index contributed by atoms with van der Waals surface area (Å²) in [5.41, 5.74) is -0.242. The van der Waals surface area contributed by atoms with Gasteiger partial charge in [0.15, 0.2) is 0 Å². The molecule has 0 aliphatic heterocycles. The number of para-hydroxylation sites is 4. The molecule has 3 aromatic carbocycles. The molecule has 0 heterocycles. The van der Waals surface area contributed by atoms with Gasteiger partial charge in [0.1, 0.15) is 23.2 Å². The molecule has 2 amide bonds. The van der Waals surface area contributed by atoms with Crippen LogP contribution in [-0.4, -0.2) is 41.5 Å². The molecule has 0 bridgehead atoms.